The third-order valence-corrected chi connectivity index (χ3v) is 4.92. The summed E-state index contributed by atoms with van der Waals surface area (Å²) in [7, 11) is 0. The number of hydrogen-bond acceptors (Lipinski definition) is 2. The van der Waals surface area contributed by atoms with Gasteiger partial charge in [-0.3, -0.25) is 4.79 Å². The first-order valence-electron chi connectivity index (χ1n) is 7.80. The van der Waals surface area contributed by atoms with Crippen LogP contribution in [-0.4, -0.2) is 17.7 Å². The van der Waals surface area contributed by atoms with E-state index in [1.54, 1.807) is 11.8 Å². The van der Waals surface area contributed by atoms with Gasteiger partial charge in [-0.15, -0.1) is 11.8 Å². The predicted molar refractivity (Wildman–Crippen MR) is 99.3 cm³/mol. The molecule has 2 aromatic carbocycles. The van der Waals surface area contributed by atoms with Crippen LogP contribution in [0.1, 0.15) is 24.5 Å². The molecule has 0 aliphatic rings. The summed E-state index contributed by atoms with van der Waals surface area (Å²) < 4.78 is 0. The van der Waals surface area contributed by atoms with Gasteiger partial charge in [0.15, 0.2) is 0 Å². The van der Waals surface area contributed by atoms with Crippen LogP contribution >= 0.6 is 23.4 Å². The molecule has 2 nitrogen and oxygen atoms in total. The molecule has 1 N–H and O–H groups in total. The van der Waals surface area contributed by atoms with E-state index >= 15 is 0 Å². The molecular weight excluding hydrogens is 326 g/mol. The van der Waals surface area contributed by atoms with Crippen LogP contribution in [0.3, 0.4) is 0 Å². The third kappa shape index (κ3) is 6.28. The van der Waals surface area contributed by atoms with Crippen molar-refractivity contribution in [2.24, 2.45) is 0 Å². The fourth-order valence-corrected chi connectivity index (χ4v) is 3.19. The lowest BCUT2D eigenvalue weighted by molar-refractivity contribution is -0.120. The summed E-state index contributed by atoms with van der Waals surface area (Å²) in [6, 6.07) is 16.1. The first-order chi connectivity index (χ1) is 11.0. The molecule has 0 aliphatic heterocycles. The number of benzene rings is 2. The normalized spacial score (nSPS) is 12.0. The Hall–Kier alpha value is -1.45. The maximum Gasteiger partial charge on any atom is 0.233 e. The fourth-order valence-electron chi connectivity index (χ4n) is 2.17. The maximum atomic E-state index is 12.1. The van der Waals surface area contributed by atoms with Crippen molar-refractivity contribution in [1.29, 1.82) is 0 Å². The summed E-state index contributed by atoms with van der Waals surface area (Å²) >= 11 is 7.45. The predicted octanol–water partition coefficient (Wildman–Crippen LogP) is 4.88. The van der Waals surface area contributed by atoms with Crippen molar-refractivity contribution in [3.8, 4) is 0 Å². The Kier molecular flexibility index (Phi) is 7.00. The first kappa shape index (κ1) is 17.9. The number of aryl methyl sites for hydroxylation is 2. The fraction of sp³-hybridized carbons (Fsp3) is 0.316. The number of rotatable bonds is 7. The smallest absolute Gasteiger partial charge is 0.233 e. The molecule has 0 radical (unpaired) electrons. The Balaban J connectivity index is 1.69. The number of carbonyl (C=O) groups excluding carboxylic acids is 1. The van der Waals surface area contributed by atoms with Crippen LogP contribution in [0.4, 0.5) is 0 Å². The molecule has 2 rings (SSSR count). The second-order valence-corrected chi connectivity index (χ2v) is 7.44. The molecule has 1 atom stereocenters. The summed E-state index contributed by atoms with van der Waals surface area (Å²) in [5.74, 6) is 0.0895. The highest BCUT2D eigenvalue weighted by molar-refractivity contribution is 8.00. The maximum absolute atomic E-state index is 12.1. The Bertz CT molecular complexity index is 625. The van der Waals surface area contributed by atoms with Gasteiger partial charge < -0.3 is 5.32 Å². The van der Waals surface area contributed by atoms with E-state index in [0.29, 0.717) is 6.54 Å². The Morgan fingerprint density at radius 1 is 1.13 bits per heavy atom. The highest BCUT2D eigenvalue weighted by Crippen LogP contribution is 2.23. The zero-order valence-corrected chi connectivity index (χ0v) is 15.1. The van der Waals surface area contributed by atoms with Gasteiger partial charge in [-0.25, -0.2) is 0 Å². The van der Waals surface area contributed by atoms with Gasteiger partial charge in [-0.2, -0.15) is 0 Å². The average Bonchev–Trinajstić information content (AvgIpc) is 2.55. The molecule has 122 valence electrons. The lowest BCUT2D eigenvalue weighted by Crippen LogP contribution is -2.31. The van der Waals surface area contributed by atoms with Crippen molar-refractivity contribution in [2.45, 2.75) is 36.8 Å². The molecule has 23 heavy (non-hydrogen) atoms. The van der Waals surface area contributed by atoms with E-state index in [9.17, 15) is 4.79 Å². The Labute approximate surface area is 147 Å². The molecule has 0 bridgehead atoms. The van der Waals surface area contributed by atoms with Crippen molar-refractivity contribution in [1.82, 2.24) is 5.32 Å². The van der Waals surface area contributed by atoms with E-state index in [1.807, 2.05) is 31.2 Å². The van der Waals surface area contributed by atoms with E-state index in [4.69, 9.17) is 11.6 Å². The second kappa shape index (κ2) is 8.99. The van der Waals surface area contributed by atoms with E-state index in [-0.39, 0.29) is 11.2 Å². The highest BCUT2D eigenvalue weighted by atomic mass is 35.5. The standard InChI is InChI=1S/C19H22ClNOS/c1-14-5-11-18(12-6-14)23-15(2)19(22)21-13-3-4-16-7-9-17(20)10-8-16/h5-12,15H,3-4,13H2,1-2H3,(H,21,22)/t15-/m0/s1. The number of nitrogens with one attached hydrogen (secondary N) is 1. The van der Waals surface area contributed by atoms with E-state index < -0.39 is 0 Å². The van der Waals surface area contributed by atoms with Crippen molar-refractivity contribution in [3.05, 3.63) is 64.7 Å². The summed E-state index contributed by atoms with van der Waals surface area (Å²) in [4.78, 5) is 13.2. The van der Waals surface area contributed by atoms with Crippen molar-refractivity contribution >= 4 is 29.3 Å². The lowest BCUT2D eigenvalue weighted by Gasteiger charge is -2.12. The summed E-state index contributed by atoms with van der Waals surface area (Å²) in [6.45, 7) is 4.70. The van der Waals surface area contributed by atoms with E-state index in [1.165, 1.54) is 11.1 Å². The molecule has 0 spiro atoms. The monoisotopic (exact) mass is 347 g/mol. The Morgan fingerprint density at radius 2 is 1.78 bits per heavy atom. The molecule has 0 fully saturated rings. The van der Waals surface area contributed by atoms with Gasteiger partial charge in [0.1, 0.15) is 0 Å². The minimum absolute atomic E-state index is 0.0895. The summed E-state index contributed by atoms with van der Waals surface area (Å²) in [5.41, 5.74) is 2.47. The van der Waals surface area contributed by atoms with E-state index in [0.717, 1.165) is 22.8 Å². The van der Waals surface area contributed by atoms with Crippen LogP contribution < -0.4 is 5.32 Å². The van der Waals surface area contributed by atoms with Crippen molar-refractivity contribution in [3.63, 3.8) is 0 Å². The van der Waals surface area contributed by atoms with Crippen LogP contribution in [0.5, 0.6) is 0 Å². The largest absolute Gasteiger partial charge is 0.355 e. The number of halogens is 1. The number of thioether (sulfide) groups is 1. The van der Waals surface area contributed by atoms with Crippen molar-refractivity contribution < 1.29 is 4.79 Å². The molecule has 1 amide bonds. The van der Waals surface area contributed by atoms with Crippen LogP contribution in [0.25, 0.3) is 0 Å². The molecule has 0 saturated carbocycles. The van der Waals surface area contributed by atoms with Crippen LogP contribution in [-0.2, 0) is 11.2 Å². The third-order valence-electron chi connectivity index (χ3n) is 3.56. The minimum atomic E-state index is -0.0896. The highest BCUT2D eigenvalue weighted by Gasteiger charge is 2.13. The Morgan fingerprint density at radius 3 is 2.43 bits per heavy atom. The number of amides is 1. The van der Waals surface area contributed by atoms with Gasteiger partial charge in [0.25, 0.3) is 0 Å². The van der Waals surface area contributed by atoms with E-state index in [2.05, 4.69) is 36.5 Å². The molecule has 4 heteroatoms. The lowest BCUT2D eigenvalue weighted by atomic mass is 10.1. The topological polar surface area (TPSA) is 29.1 Å². The van der Waals surface area contributed by atoms with Crippen LogP contribution in [0.2, 0.25) is 5.02 Å². The molecule has 0 unspecified atom stereocenters. The molecule has 0 saturated heterocycles. The van der Waals surface area contributed by atoms with Gasteiger partial charge in [0.2, 0.25) is 5.91 Å². The zero-order valence-electron chi connectivity index (χ0n) is 13.5. The van der Waals surface area contributed by atoms with Gasteiger partial charge in [0.05, 0.1) is 5.25 Å². The number of hydrogen-bond donors (Lipinski definition) is 1. The average molecular weight is 348 g/mol. The summed E-state index contributed by atoms with van der Waals surface area (Å²) in [5, 5.41) is 3.67. The summed E-state index contributed by atoms with van der Waals surface area (Å²) in [6.07, 6.45) is 1.87. The molecule has 0 aromatic heterocycles. The van der Waals surface area contributed by atoms with Crippen LogP contribution in [0, 0.1) is 6.92 Å². The van der Waals surface area contributed by atoms with Gasteiger partial charge in [0, 0.05) is 16.5 Å². The number of carbonyl (C=O) groups is 1. The molecule has 0 aliphatic carbocycles. The SMILES string of the molecule is Cc1ccc(S[C@@H](C)C(=O)NCCCc2ccc(Cl)cc2)cc1. The van der Waals surface area contributed by atoms with Crippen LogP contribution in [0.15, 0.2) is 53.4 Å². The quantitative estimate of drug-likeness (QED) is 0.571. The molecule has 2 aromatic rings. The second-order valence-electron chi connectivity index (χ2n) is 5.59. The van der Waals surface area contributed by atoms with Gasteiger partial charge in [-0.05, 0) is 56.5 Å². The first-order valence-corrected chi connectivity index (χ1v) is 9.06. The van der Waals surface area contributed by atoms with Gasteiger partial charge in [-0.1, -0.05) is 41.4 Å². The van der Waals surface area contributed by atoms with Gasteiger partial charge >= 0.3 is 0 Å². The van der Waals surface area contributed by atoms with Crippen molar-refractivity contribution in [2.75, 3.05) is 6.54 Å². The molecular formula is C19H22ClNOS. The molecule has 0 heterocycles. The zero-order chi connectivity index (χ0) is 16.7. The minimum Gasteiger partial charge on any atom is -0.355 e.